The molecule has 3 atom stereocenters. The van der Waals surface area contributed by atoms with Crippen molar-refractivity contribution in [1.29, 1.82) is 0 Å². The van der Waals surface area contributed by atoms with E-state index in [1.54, 1.807) is 0 Å². The lowest BCUT2D eigenvalue weighted by atomic mass is 10.2. The minimum atomic E-state index is -0.894. The predicted molar refractivity (Wildman–Crippen MR) is 61.6 cm³/mol. The third-order valence-electron chi connectivity index (χ3n) is 3.44. The summed E-state index contributed by atoms with van der Waals surface area (Å²) in [5.74, 6) is 0. The summed E-state index contributed by atoms with van der Waals surface area (Å²) in [5, 5.41) is 11.7. The van der Waals surface area contributed by atoms with E-state index in [2.05, 4.69) is 22.8 Å². The molecule has 86 valence electrons. The van der Waals surface area contributed by atoms with Gasteiger partial charge in [0, 0.05) is 23.9 Å². The molecule has 2 N–H and O–H groups in total. The number of nitrogens with one attached hydrogen (secondary N) is 1. The highest BCUT2D eigenvalue weighted by Crippen LogP contribution is 2.28. The second kappa shape index (κ2) is 4.61. The van der Waals surface area contributed by atoms with Crippen LogP contribution >= 0.6 is 12.6 Å². The summed E-state index contributed by atoms with van der Waals surface area (Å²) >= 11 is 4.47. The molecule has 1 aliphatic heterocycles. The molecule has 2 rings (SSSR count). The lowest BCUT2D eigenvalue weighted by molar-refractivity contribution is 0.188. The molecule has 1 saturated heterocycles. The molecule has 5 heteroatoms. The Morgan fingerprint density at radius 1 is 1.40 bits per heavy atom. The maximum atomic E-state index is 10.5. The van der Waals surface area contributed by atoms with Crippen LogP contribution in [0.1, 0.15) is 25.7 Å². The molecule has 0 aromatic heterocycles. The van der Waals surface area contributed by atoms with Gasteiger partial charge in [-0.3, -0.25) is 4.90 Å². The summed E-state index contributed by atoms with van der Waals surface area (Å²) in [6.45, 7) is 2.19. The van der Waals surface area contributed by atoms with E-state index >= 15 is 0 Å². The van der Waals surface area contributed by atoms with Crippen LogP contribution in [0.2, 0.25) is 0 Å². The fourth-order valence-corrected chi connectivity index (χ4v) is 3.02. The number of hydrogen-bond acceptors (Lipinski definition) is 3. The van der Waals surface area contributed by atoms with E-state index in [1.165, 1.54) is 0 Å². The summed E-state index contributed by atoms with van der Waals surface area (Å²) in [5.41, 5.74) is 0. The molecule has 0 spiro atoms. The number of amides is 1. The zero-order valence-corrected chi connectivity index (χ0v) is 9.62. The van der Waals surface area contributed by atoms with Crippen LogP contribution in [0.5, 0.6) is 0 Å². The van der Waals surface area contributed by atoms with Gasteiger partial charge in [0.25, 0.3) is 0 Å². The summed E-state index contributed by atoms with van der Waals surface area (Å²) < 4.78 is 0. The molecule has 2 fully saturated rings. The number of thiol groups is 1. The van der Waals surface area contributed by atoms with E-state index in [4.69, 9.17) is 5.11 Å². The molecule has 1 heterocycles. The minimum Gasteiger partial charge on any atom is -0.465 e. The van der Waals surface area contributed by atoms with Gasteiger partial charge in [-0.05, 0) is 32.2 Å². The Morgan fingerprint density at radius 2 is 2.20 bits per heavy atom. The Kier molecular flexibility index (Phi) is 3.41. The smallest absolute Gasteiger partial charge is 0.404 e. The molecule has 0 radical (unpaired) electrons. The van der Waals surface area contributed by atoms with Crippen molar-refractivity contribution in [1.82, 2.24) is 10.2 Å². The van der Waals surface area contributed by atoms with Gasteiger partial charge >= 0.3 is 6.09 Å². The highest BCUT2D eigenvalue weighted by atomic mass is 32.1. The molecule has 1 aliphatic carbocycles. The van der Waals surface area contributed by atoms with Crippen LogP contribution in [0, 0.1) is 0 Å². The van der Waals surface area contributed by atoms with Crippen molar-refractivity contribution < 1.29 is 9.90 Å². The number of carbonyl (C=O) groups is 1. The van der Waals surface area contributed by atoms with Gasteiger partial charge in [0.1, 0.15) is 0 Å². The highest BCUT2D eigenvalue weighted by molar-refractivity contribution is 7.81. The van der Waals surface area contributed by atoms with Crippen LogP contribution in [-0.2, 0) is 0 Å². The highest BCUT2D eigenvalue weighted by Gasteiger charge is 2.33. The van der Waals surface area contributed by atoms with Crippen LogP contribution in [-0.4, -0.2) is 46.5 Å². The largest absolute Gasteiger partial charge is 0.465 e. The molecule has 1 amide bonds. The SMILES string of the molecule is O=C(O)N[C@@H]1CC[C@@H](N2CC[C@@H](S)C2)C1. The Morgan fingerprint density at radius 3 is 2.80 bits per heavy atom. The average molecular weight is 230 g/mol. The first-order chi connectivity index (χ1) is 7.15. The van der Waals surface area contributed by atoms with Crippen molar-refractivity contribution in [3.63, 3.8) is 0 Å². The number of hydrogen-bond donors (Lipinski definition) is 3. The number of carboxylic acid groups (broad SMARTS) is 1. The van der Waals surface area contributed by atoms with Crippen molar-refractivity contribution in [2.24, 2.45) is 0 Å². The van der Waals surface area contributed by atoms with Crippen molar-refractivity contribution in [3.05, 3.63) is 0 Å². The van der Waals surface area contributed by atoms with E-state index in [1.807, 2.05) is 0 Å². The van der Waals surface area contributed by atoms with E-state index in [0.29, 0.717) is 11.3 Å². The van der Waals surface area contributed by atoms with Crippen molar-refractivity contribution in [2.75, 3.05) is 13.1 Å². The maximum absolute atomic E-state index is 10.5. The summed E-state index contributed by atoms with van der Waals surface area (Å²) in [6, 6.07) is 0.727. The van der Waals surface area contributed by atoms with Crippen LogP contribution in [0.15, 0.2) is 0 Å². The van der Waals surface area contributed by atoms with Gasteiger partial charge in [0.2, 0.25) is 0 Å². The Labute approximate surface area is 95.4 Å². The van der Waals surface area contributed by atoms with Crippen LogP contribution in [0.3, 0.4) is 0 Å². The van der Waals surface area contributed by atoms with Gasteiger partial charge in [-0.15, -0.1) is 0 Å². The fourth-order valence-electron chi connectivity index (χ4n) is 2.69. The molecular weight excluding hydrogens is 212 g/mol. The Hall–Kier alpha value is -0.420. The Balaban J connectivity index is 1.79. The number of likely N-dealkylation sites (tertiary alicyclic amines) is 1. The van der Waals surface area contributed by atoms with Gasteiger partial charge in [-0.2, -0.15) is 12.6 Å². The first kappa shape index (κ1) is 11.1. The van der Waals surface area contributed by atoms with Gasteiger partial charge in [-0.1, -0.05) is 0 Å². The molecule has 4 nitrogen and oxygen atoms in total. The van der Waals surface area contributed by atoms with Crippen LogP contribution in [0.25, 0.3) is 0 Å². The summed E-state index contributed by atoms with van der Waals surface area (Å²) in [6.07, 6.45) is 3.33. The second-order valence-corrected chi connectivity index (χ2v) is 5.28. The molecule has 0 aromatic carbocycles. The van der Waals surface area contributed by atoms with E-state index in [-0.39, 0.29) is 6.04 Å². The third-order valence-corrected chi connectivity index (χ3v) is 3.87. The van der Waals surface area contributed by atoms with E-state index in [9.17, 15) is 4.79 Å². The zero-order chi connectivity index (χ0) is 10.8. The fraction of sp³-hybridized carbons (Fsp3) is 0.900. The van der Waals surface area contributed by atoms with Crippen LogP contribution in [0.4, 0.5) is 4.79 Å². The predicted octanol–water partition coefficient (Wildman–Crippen LogP) is 1.18. The molecule has 1 saturated carbocycles. The zero-order valence-electron chi connectivity index (χ0n) is 8.72. The average Bonchev–Trinajstić information content (AvgIpc) is 2.72. The molecule has 0 unspecified atom stereocenters. The first-order valence-electron chi connectivity index (χ1n) is 5.56. The standard InChI is InChI=1S/C10H18N2O2S/c13-10(14)11-7-1-2-8(5-7)12-4-3-9(15)6-12/h7-9,11,15H,1-6H2,(H,13,14)/t7-,8-,9-/m1/s1. The van der Waals surface area contributed by atoms with Gasteiger partial charge in [-0.25, -0.2) is 4.79 Å². The number of rotatable bonds is 2. The van der Waals surface area contributed by atoms with E-state index in [0.717, 1.165) is 38.8 Å². The molecule has 15 heavy (non-hydrogen) atoms. The van der Waals surface area contributed by atoms with Gasteiger partial charge in [0.15, 0.2) is 0 Å². The quantitative estimate of drug-likeness (QED) is 0.624. The summed E-state index contributed by atoms with van der Waals surface area (Å²) in [7, 11) is 0. The third kappa shape index (κ3) is 2.78. The van der Waals surface area contributed by atoms with Gasteiger partial charge < -0.3 is 10.4 Å². The molecule has 0 aromatic rings. The second-order valence-electron chi connectivity index (χ2n) is 4.55. The topological polar surface area (TPSA) is 52.6 Å². The minimum absolute atomic E-state index is 0.159. The lowest BCUT2D eigenvalue weighted by Gasteiger charge is -2.23. The van der Waals surface area contributed by atoms with Crippen molar-refractivity contribution in [3.8, 4) is 0 Å². The monoisotopic (exact) mass is 230 g/mol. The molecular formula is C10H18N2O2S. The van der Waals surface area contributed by atoms with E-state index < -0.39 is 6.09 Å². The lowest BCUT2D eigenvalue weighted by Crippen LogP contribution is -2.35. The van der Waals surface area contributed by atoms with Gasteiger partial charge in [0.05, 0.1) is 0 Å². The maximum Gasteiger partial charge on any atom is 0.404 e. The molecule has 0 bridgehead atoms. The van der Waals surface area contributed by atoms with Crippen molar-refractivity contribution in [2.45, 2.75) is 43.0 Å². The van der Waals surface area contributed by atoms with Crippen LogP contribution < -0.4 is 5.32 Å². The van der Waals surface area contributed by atoms with Crippen molar-refractivity contribution >= 4 is 18.7 Å². The first-order valence-corrected chi connectivity index (χ1v) is 6.08. The summed E-state index contributed by atoms with van der Waals surface area (Å²) in [4.78, 5) is 13.0. The normalized spacial score (nSPS) is 37.0. The number of nitrogens with zero attached hydrogens (tertiary/aromatic N) is 1. The molecule has 2 aliphatic rings. The Bertz CT molecular complexity index is 250.